The summed E-state index contributed by atoms with van der Waals surface area (Å²) >= 11 is 1.57. The van der Waals surface area contributed by atoms with Gasteiger partial charge in [0, 0.05) is 16.6 Å². The molecule has 7 heteroatoms. The first-order chi connectivity index (χ1) is 12.9. The van der Waals surface area contributed by atoms with Gasteiger partial charge in [0.2, 0.25) is 11.8 Å². The van der Waals surface area contributed by atoms with Gasteiger partial charge in [-0.3, -0.25) is 14.5 Å². The van der Waals surface area contributed by atoms with Crippen LogP contribution in [0.1, 0.15) is 6.92 Å². The minimum Gasteiger partial charge on any atom is -0.497 e. The molecule has 0 saturated carbocycles. The van der Waals surface area contributed by atoms with Crippen molar-refractivity contribution in [2.24, 2.45) is 0 Å². The number of nitrogens with zero attached hydrogens (tertiary/aromatic N) is 1. The summed E-state index contributed by atoms with van der Waals surface area (Å²) < 4.78 is 5.16. The average Bonchev–Trinajstić information content (AvgIpc) is 2.67. The number of carbonyl (C=O) groups is 2. The van der Waals surface area contributed by atoms with Gasteiger partial charge >= 0.3 is 0 Å². The summed E-state index contributed by atoms with van der Waals surface area (Å²) in [5, 5.41) is 5.74. The molecule has 27 heavy (non-hydrogen) atoms. The van der Waals surface area contributed by atoms with Crippen LogP contribution in [0, 0.1) is 0 Å². The van der Waals surface area contributed by atoms with Crippen molar-refractivity contribution in [2.75, 3.05) is 37.6 Å². The van der Waals surface area contributed by atoms with E-state index in [1.54, 1.807) is 55.9 Å². The third kappa shape index (κ3) is 6.01. The van der Waals surface area contributed by atoms with Gasteiger partial charge in [-0.25, -0.2) is 0 Å². The number of benzene rings is 2. The van der Waals surface area contributed by atoms with E-state index in [1.807, 2.05) is 36.6 Å². The fourth-order valence-corrected chi connectivity index (χ4v) is 3.00. The molecule has 2 N–H and O–H groups in total. The first kappa shape index (κ1) is 20.8. The molecule has 0 unspecified atom stereocenters. The summed E-state index contributed by atoms with van der Waals surface area (Å²) in [5.74, 6) is 0.309. The van der Waals surface area contributed by atoms with Crippen molar-refractivity contribution < 1.29 is 14.3 Å². The summed E-state index contributed by atoms with van der Waals surface area (Å²) in [5.41, 5.74) is 1.43. The van der Waals surface area contributed by atoms with E-state index in [-0.39, 0.29) is 18.4 Å². The van der Waals surface area contributed by atoms with Crippen LogP contribution in [-0.4, -0.2) is 49.7 Å². The van der Waals surface area contributed by atoms with Crippen molar-refractivity contribution in [3.05, 3.63) is 48.5 Å². The highest BCUT2D eigenvalue weighted by Gasteiger charge is 2.20. The number of methoxy groups -OCH3 is 1. The van der Waals surface area contributed by atoms with Crippen LogP contribution in [0.2, 0.25) is 0 Å². The van der Waals surface area contributed by atoms with Gasteiger partial charge in [-0.15, -0.1) is 11.8 Å². The second-order valence-corrected chi connectivity index (χ2v) is 6.91. The van der Waals surface area contributed by atoms with Gasteiger partial charge in [0.25, 0.3) is 0 Å². The van der Waals surface area contributed by atoms with Gasteiger partial charge in [-0.1, -0.05) is 18.2 Å². The molecule has 0 aliphatic carbocycles. The molecular formula is C20H25N3O3S. The van der Waals surface area contributed by atoms with Crippen LogP contribution in [0.5, 0.6) is 5.75 Å². The van der Waals surface area contributed by atoms with Crippen LogP contribution in [0.15, 0.2) is 53.4 Å². The smallest absolute Gasteiger partial charge is 0.241 e. The molecule has 2 rings (SSSR count). The fourth-order valence-electron chi connectivity index (χ4n) is 2.45. The molecule has 0 bridgehead atoms. The normalized spacial score (nSPS) is 11.7. The lowest BCUT2D eigenvalue weighted by Gasteiger charge is -2.23. The van der Waals surface area contributed by atoms with Crippen molar-refractivity contribution in [1.82, 2.24) is 4.90 Å². The zero-order chi connectivity index (χ0) is 19.8. The highest BCUT2D eigenvalue weighted by atomic mass is 32.2. The Hall–Kier alpha value is -2.51. The predicted molar refractivity (Wildman–Crippen MR) is 111 cm³/mol. The number of ether oxygens (including phenoxy) is 1. The summed E-state index contributed by atoms with van der Waals surface area (Å²) in [4.78, 5) is 27.5. The van der Waals surface area contributed by atoms with E-state index >= 15 is 0 Å². The van der Waals surface area contributed by atoms with Crippen LogP contribution in [0.25, 0.3) is 0 Å². The number of thioether (sulfide) groups is 1. The van der Waals surface area contributed by atoms with Crippen LogP contribution >= 0.6 is 11.8 Å². The Bertz CT molecular complexity index is 798. The monoisotopic (exact) mass is 387 g/mol. The predicted octanol–water partition coefficient (Wildman–Crippen LogP) is 3.31. The second-order valence-electron chi connectivity index (χ2n) is 6.06. The highest BCUT2D eigenvalue weighted by Crippen LogP contribution is 2.24. The molecule has 0 radical (unpaired) electrons. The quantitative estimate of drug-likeness (QED) is 0.680. The van der Waals surface area contributed by atoms with Gasteiger partial charge in [0.05, 0.1) is 25.4 Å². The molecule has 2 aromatic carbocycles. The molecule has 0 fully saturated rings. The maximum atomic E-state index is 12.5. The van der Waals surface area contributed by atoms with E-state index in [0.717, 1.165) is 10.6 Å². The molecule has 0 aliphatic rings. The number of amides is 2. The number of anilines is 2. The minimum absolute atomic E-state index is 0.107. The minimum atomic E-state index is -0.474. The first-order valence-electron chi connectivity index (χ1n) is 8.52. The van der Waals surface area contributed by atoms with E-state index in [2.05, 4.69) is 10.6 Å². The Kier molecular flexibility index (Phi) is 7.69. The molecule has 0 aromatic heterocycles. The summed E-state index contributed by atoms with van der Waals surface area (Å²) in [7, 11) is 3.32. The average molecular weight is 388 g/mol. The molecule has 0 aliphatic heterocycles. The maximum Gasteiger partial charge on any atom is 0.241 e. The molecule has 6 nitrogen and oxygen atoms in total. The summed E-state index contributed by atoms with van der Waals surface area (Å²) in [6.45, 7) is 1.87. The zero-order valence-electron chi connectivity index (χ0n) is 16.0. The number of hydrogen-bond acceptors (Lipinski definition) is 5. The summed E-state index contributed by atoms with van der Waals surface area (Å²) in [6, 6.07) is 14.3. The molecule has 2 aromatic rings. The standard InChI is InChI=1S/C20H25N3O3S/c1-14(20(25)21-15-8-7-9-16(12-15)26-3)23(2)13-19(24)22-17-10-5-6-11-18(17)27-4/h5-12,14H,13H2,1-4H3,(H,21,25)(H,22,24)/t14-/m0/s1. The SMILES string of the molecule is COc1cccc(NC(=O)[C@H](C)N(C)CC(=O)Nc2ccccc2SC)c1. The number of likely N-dealkylation sites (N-methyl/N-ethyl adjacent to an activating group) is 1. The first-order valence-corrected chi connectivity index (χ1v) is 9.75. The molecule has 144 valence electrons. The number of para-hydroxylation sites is 1. The number of nitrogens with one attached hydrogen (secondary N) is 2. The largest absolute Gasteiger partial charge is 0.497 e. The molecular weight excluding hydrogens is 362 g/mol. The van der Waals surface area contributed by atoms with Gasteiger partial charge in [0.1, 0.15) is 5.75 Å². The third-order valence-electron chi connectivity index (χ3n) is 4.15. The van der Waals surface area contributed by atoms with Crippen molar-refractivity contribution in [2.45, 2.75) is 17.9 Å². The molecule has 0 spiro atoms. The number of hydrogen-bond donors (Lipinski definition) is 2. The van der Waals surface area contributed by atoms with E-state index < -0.39 is 6.04 Å². The number of carbonyl (C=O) groups excluding carboxylic acids is 2. The second kappa shape index (κ2) is 9.99. The Morgan fingerprint density at radius 2 is 1.89 bits per heavy atom. The van der Waals surface area contributed by atoms with Crippen LogP contribution in [-0.2, 0) is 9.59 Å². The molecule has 0 heterocycles. The lowest BCUT2D eigenvalue weighted by molar-refractivity contribution is -0.122. The summed E-state index contributed by atoms with van der Waals surface area (Å²) in [6.07, 6.45) is 1.96. The van der Waals surface area contributed by atoms with E-state index in [4.69, 9.17) is 4.74 Å². The Morgan fingerprint density at radius 1 is 1.15 bits per heavy atom. The van der Waals surface area contributed by atoms with Crippen LogP contribution in [0.4, 0.5) is 11.4 Å². The van der Waals surface area contributed by atoms with Crippen molar-refractivity contribution in [1.29, 1.82) is 0 Å². The van der Waals surface area contributed by atoms with Gasteiger partial charge < -0.3 is 15.4 Å². The van der Waals surface area contributed by atoms with Crippen molar-refractivity contribution >= 4 is 35.0 Å². The van der Waals surface area contributed by atoms with Crippen molar-refractivity contribution in [3.8, 4) is 5.75 Å². The van der Waals surface area contributed by atoms with Gasteiger partial charge in [-0.05, 0) is 44.5 Å². The van der Waals surface area contributed by atoms with E-state index in [0.29, 0.717) is 11.4 Å². The molecule has 2 amide bonds. The topological polar surface area (TPSA) is 70.7 Å². The van der Waals surface area contributed by atoms with Crippen LogP contribution < -0.4 is 15.4 Å². The Morgan fingerprint density at radius 3 is 2.59 bits per heavy atom. The fraction of sp³-hybridized carbons (Fsp3) is 0.300. The van der Waals surface area contributed by atoms with Crippen molar-refractivity contribution in [3.63, 3.8) is 0 Å². The Labute approximate surface area is 164 Å². The molecule has 1 atom stereocenters. The highest BCUT2D eigenvalue weighted by molar-refractivity contribution is 7.98. The lowest BCUT2D eigenvalue weighted by atomic mass is 10.2. The van der Waals surface area contributed by atoms with E-state index in [9.17, 15) is 9.59 Å². The van der Waals surface area contributed by atoms with Gasteiger partial charge in [0.15, 0.2) is 0 Å². The van der Waals surface area contributed by atoms with Gasteiger partial charge in [-0.2, -0.15) is 0 Å². The Balaban J connectivity index is 1.92. The maximum absolute atomic E-state index is 12.5. The van der Waals surface area contributed by atoms with Crippen LogP contribution in [0.3, 0.4) is 0 Å². The van der Waals surface area contributed by atoms with E-state index in [1.165, 1.54) is 0 Å². The zero-order valence-corrected chi connectivity index (χ0v) is 16.8. The third-order valence-corrected chi connectivity index (χ3v) is 4.95. The number of rotatable bonds is 8. The lowest BCUT2D eigenvalue weighted by Crippen LogP contribution is -2.43. The molecule has 0 saturated heterocycles.